The third-order valence-corrected chi connectivity index (χ3v) is 4.15. The molecule has 0 fully saturated rings. The second-order valence-corrected chi connectivity index (χ2v) is 6.24. The molecule has 0 spiro atoms. The molecule has 6 nitrogen and oxygen atoms in total. The standard InChI is InChI=1S/C21H19N3O3/c1-15(23-21(26)16-7-3-2-4-8-16)11-20(25)27-14-17-13-24-10-6-5-9-19(24)18(17)12-22/h2-10,13,15H,11,14H2,1H3,(H,23,26)/t15-/m0/s1. The van der Waals surface area contributed by atoms with Gasteiger partial charge in [0.15, 0.2) is 0 Å². The minimum absolute atomic E-state index is 0.0166. The number of amides is 1. The van der Waals surface area contributed by atoms with Gasteiger partial charge in [0.05, 0.1) is 17.5 Å². The van der Waals surface area contributed by atoms with Gasteiger partial charge in [0.25, 0.3) is 5.91 Å². The van der Waals surface area contributed by atoms with Gasteiger partial charge in [-0.05, 0) is 31.2 Å². The van der Waals surface area contributed by atoms with Crippen LogP contribution in [-0.2, 0) is 16.1 Å². The average molecular weight is 361 g/mol. The summed E-state index contributed by atoms with van der Waals surface area (Å²) >= 11 is 0. The smallest absolute Gasteiger partial charge is 0.308 e. The number of esters is 1. The molecular formula is C21H19N3O3. The van der Waals surface area contributed by atoms with E-state index in [0.717, 1.165) is 5.52 Å². The largest absolute Gasteiger partial charge is 0.461 e. The third kappa shape index (κ3) is 4.33. The molecule has 136 valence electrons. The zero-order valence-electron chi connectivity index (χ0n) is 14.9. The van der Waals surface area contributed by atoms with Gasteiger partial charge < -0.3 is 14.5 Å². The number of nitrogens with zero attached hydrogens (tertiary/aromatic N) is 2. The molecule has 0 unspecified atom stereocenters. The van der Waals surface area contributed by atoms with E-state index >= 15 is 0 Å². The van der Waals surface area contributed by atoms with E-state index in [4.69, 9.17) is 4.74 Å². The molecule has 0 radical (unpaired) electrons. The van der Waals surface area contributed by atoms with Crippen LogP contribution in [0, 0.1) is 11.3 Å². The summed E-state index contributed by atoms with van der Waals surface area (Å²) in [5, 5.41) is 12.1. The summed E-state index contributed by atoms with van der Waals surface area (Å²) in [5.41, 5.74) is 2.46. The quantitative estimate of drug-likeness (QED) is 0.684. The monoisotopic (exact) mass is 361 g/mol. The maximum atomic E-state index is 12.1. The summed E-state index contributed by atoms with van der Waals surface area (Å²) < 4.78 is 7.13. The van der Waals surface area contributed by atoms with Gasteiger partial charge in [0.1, 0.15) is 12.7 Å². The van der Waals surface area contributed by atoms with E-state index in [2.05, 4.69) is 11.4 Å². The van der Waals surface area contributed by atoms with Gasteiger partial charge in [-0.2, -0.15) is 5.26 Å². The Kier molecular flexibility index (Phi) is 5.53. The highest BCUT2D eigenvalue weighted by Gasteiger charge is 2.16. The third-order valence-electron chi connectivity index (χ3n) is 4.15. The lowest BCUT2D eigenvalue weighted by molar-refractivity contribution is -0.145. The summed E-state index contributed by atoms with van der Waals surface area (Å²) in [6.45, 7) is 1.76. The topological polar surface area (TPSA) is 83.6 Å². The molecule has 2 aromatic heterocycles. The molecule has 1 aromatic carbocycles. The Labute approximate surface area is 157 Å². The van der Waals surface area contributed by atoms with Crippen molar-refractivity contribution in [2.24, 2.45) is 0 Å². The van der Waals surface area contributed by atoms with E-state index in [9.17, 15) is 14.9 Å². The number of rotatable bonds is 6. The maximum absolute atomic E-state index is 12.1. The van der Waals surface area contributed by atoms with Gasteiger partial charge in [-0.3, -0.25) is 9.59 Å². The summed E-state index contributed by atoms with van der Waals surface area (Å²) in [6.07, 6.45) is 3.66. The zero-order chi connectivity index (χ0) is 19.2. The molecule has 1 amide bonds. The van der Waals surface area contributed by atoms with Crippen molar-refractivity contribution in [1.29, 1.82) is 5.26 Å². The van der Waals surface area contributed by atoms with Crippen LogP contribution in [0.15, 0.2) is 60.9 Å². The van der Waals surface area contributed by atoms with Crippen molar-refractivity contribution in [2.45, 2.75) is 26.0 Å². The van der Waals surface area contributed by atoms with Crippen LogP contribution in [0.3, 0.4) is 0 Å². The number of aromatic nitrogens is 1. The fourth-order valence-electron chi connectivity index (χ4n) is 2.83. The van der Waals surface area contributed by atoms with Gasteiger partial charge in [-0.15, -0.1) is 0 Å². The van der Waals surface area contributed by atoms with Crippen molar-refractivity contribution in [3.63, 3.8) is 0 Å². The molecule has 3 aromatic rings. The van der Waals surface area contributed by atoms with Crippen LogP contribution < -0.4 is 5.32 Å². The molecule has 6 heteroatoms. The first-order valence-corrected chi connectivity index (χ1v) is 8.58. The van der Waals surface area contributed by atoms with Crippen molar-refractivity contribution >= 4 is 17.4 Å². The lowest BCUT2D eigenvalue weighted by atomic mass is 10.1. The number of hydrogen-bond donors (Lipinski definition) is 1. The van der Waals surface area contributed by atoms with E-state index in [1.54, 1.807) is 37.4 Å². The van der Waals surface area contributed by atoms with Crippen molar-refractivity contribution in [3.8, 4) is 6.07 Å². The lowest BCUT2D eigenvalue weighted by Crippen LogP contribution is -2.34. The fraction of sp³-hybridized carbons (Fsp3) is 0.190. The number of hydrogen-bond acceptors (Lipinski definition) is 4. The molecule has 0 aliphatic heterocycles. The fourth-order valence-corrected chi connectivity index (χ4v) is 2.83. The predicted molar refractivity (Wildman–Crippen MR) is 99.9 cm³/mol. The summed E-state index contributed by atoms with van der Waals surface area (Å²) in [5.74, 6) is -0.670. The van der Waals surface area contributed by atoms with Gasteiger partial charge in [-0.25, -0.2) is 0 Å². The van der Waals surface area contributed by atoms with Crippen LogP contribution in [0.4, 0.5) is 0 Å². The number of pyridine rings is 1. The van der Waals surface area contributed by atoms with E-state index in [1.165, 1.54) is 0 Å². The Morgan fingerprint density at radius 2 is 1.93 bits per heavy atom. The molecule has 3 rings (SSSR count). The Morgan fingerprint density at radius 3 is 2.67 bits per heavy atom. The second-order valence-electron chi connectivity index (χ2n) is 6.24. The van der Waals surface area contributed by atoms with Crippen LogP contribution in [0.25, 0.3) is 5.52 Å². The maximum Gasteiger partial charge on any atom is 0.308 e. The lowest BCUT2D eigenvalue weighted by Gasteiger charge is -2.13. The van der Waals surface area contributed by atoms with E-state index in [1.807, 2.05) is 34.9 Å². The SMILES string of the molecule is C[C@@H](CC(=O)OCc1cn2ccccc2c1C#N)NC(=O)c1ccccc1. The van der Waals surface area contributed by atoms with Gasteiger partial charge >= 0.3 is 5.97 Å². The van der Waals surface area contributed by atoms with E-state index in [0.29, 0.717) is 16.7 Å². The highest BCUT2D eigenvalue weighted by molar-refractivity contribution is 5.94. The number of nitrogens with one attached hydrogen (secondary N) is 1. The normalized spacial score (nSPS) is 11.6. The molecular weight excluding hydrogens is 342 g/mol. The van der Waals surface area contributed by atoms with Crippen LogP contribution >= 0.6 is 0 Å². The molecule has 2 heterocycles. The predicted octanol–water partition coefficient (Wildman–Crippen LogP) is 3.06. The van der Waals surface area contributed by atoms with Crippen molar-refractivity contribution in [2.75, 3.05) is 0 Å². The van der Waals surface area contributed by atoms with E-state index < -0.39 is 5.97 Å². The van der Waals surface area contributed by atoms with Crippen molar-refractivity contribution in [1.82, 2.24) is 9.72 Å². The molecule has 1 atom stereocenters. The zero-order valence-corrected chi connectivity index (χ0v) is 14.9. The minimum Gasteiger partial charge on any atom is -0.461 e. The van der Waals surface area contributed by atoms with Crippen molar-refractivity contribution < 1.29 is 14.3 Å². The van der Waals surface area contributed by atoms with Crippen LogP contribution in [0.5, 0.6) is 0 Å². The highest BCUT2D eigenvalue weighted by Crippen LogP contribution is 2.18. The summed E-state index contributed by atoms with van der Waals surface area (Å²) in [4.78, 5) is 24.2. The van der Waals surface area contributed by atoms with Crippen LogP contribution in [0.1, 0.15) is 34.8 Å². The molecule has 27 heavy (non-hydrogen) atoms. The van der Waals surface area contributed by atoms with Crippen LogP contribution in [-0.4, -0.2) is 22.3 Å². The Bertz CT molecular complexity index is 1000. The van der Waals surface area contributed by atoms with Gasteiger partial charge in [0, 0.05) is 29.6 Å². The first-order chi connectivity index (χ1) is 13.1. The number of benzene rings is 1. The number of carbonyl (C=O) groups excluding carboxylic acids is 2. The van der Waals surface area contributed by atoms with Crippen LogP contribution in [0.2, 0.25) is 0 Å². The Balaban J connectivity index is 1.55. The molecule has 1 N–H and O–H groups in total. The minimum atomic E-state index is -0.435. The molecule has 0 bridgehead atoms. The molecule has 0 saturated carbocycles. The van der Waals surface area contributed by atoms with Gasteiger partial charge in [-0.1, -0.05) is 24.3 Å². The number of fused-ring (bicyclic) bond motifs is 1. The molecule has 0 saturated heterocycles. The Hall–Kier alpha value is -3.59. The first-order valence-electron chi connectivity index (χ1n) is 8.58. The molecule has 0 aliphatic rings. The van der Waals surface area contributed by atoms with E-state index in [-0.39, 0.29) is 25.0 Å². The highest BCUT2D eigenvalue weighted by atomic mass is 16.5. The van der Waals surface area contributed by atoms with Crippen molar-refractivity contribution in [3.05, 3.63) is 77.6 Å². The number of carbonyl (C=O) groups is 2. The number of nitriles is 1. The summed E-state index contributed by atoms with van der Waals surface area (Å²) in [6, 6.07) is 16.2. The van der Waals surface area contributed by atoms with Gasteiger partial charge in [0.2, 0.25) is 0 Å². The first kappa shape index (κ1) is 18.2. The number of ether oxygens (including phenoxy) is 1. The summed E-state index contributed by atoms with van der Waals surface area (Å²) in [7, 11) is 0. The average Bonchev–Trinajstić information content (AvgIpc) is 3.04. The second kappa shape index (κ2) is 8.19. The Morgan fingerprint density at radius 1 is 1.19 bits per heavy atom. The molecule has 0 aliphatic carbocycles.